The number of methoxy groups -OCH3 is 2. The van der Waals surface area contributed by atoms with Crippen molar-refractivity contribution in [3.05, 3.63) is 17.2 Å². The van der Waals surface area contributed by atoms with Crippen molar-refractivity contribution in [2.24, 2.45) is 0 Å². The standard InChI is InChI=1S/C12H20N2O2S2/c1-9-10(2)14(6-8-16-4)11(12(17)18)13(9)5-7-15-3/h5-8H2,1-4H3/p+1. The molecule has 1 rings (SSSR count). The fourth-order valence-electron chi connectivity index (χ4n) is 2.00. The fraction of sp³-hybridized carbons (Fsp3) is 0.667. The van der Waals surface area contributed by atoms with Gasteiger partial charge in [-0.2, -0.15) is 0 Å². The van der Waals surface area contributed by atoms with Gasteiger partial charge in [-0.3, -0.25) is 0 Å². The van der Waals surface area contributed by atoms with E-state index >= 15 is 0 Å². The highest BCUT2D eigenvalue weighted by atomic mass is 32.1. The summed E-state index contributed by atoms with van der Waals surface area (Å²) in [6.45, 7) is 7.04. The monoisotopic (exact) mass is 289 g/mol. The van der Waals surface area contributed by atoms with Crippen LogP contribution in [0.15, 0.2) is 0 Å². The van der Waals surface area contributed by atoms with Crippen molar-refractivity contribution in [2.45, 2.75) is 26.9 Å². The van der Waals surface area contributed by atoms with E-state index in [9.17, 15) is 0 Å². The van der Waals surface area contributed by atoms with Gasteiger partial charge in [0.1, 0.15) is 24.5 Å². The van der Waals surface area contributed by atoms with Gasteiger partial charge in [-0.25, -0.2) is 9.13 Å². The van der Waals surface area contributed by atoms with E-state index in [1.54, 1.807) is 14.2 Å². The van der Waals surface area contributed by atoms with Crippen molar-refractivity contribution in [1.29, 1.82) is 0 Å². The Morgan fingerprint density at radius 3 is 2.39 bits per heavy atom. The van der Waals surface area contributed by atoms with Crippen LogP contribution in [-0.4, -0.2) is 36.2 Å². The number of thiocarbonyl (C=S) groups is 1. The lowest BCUT2D eigenvalue weighted by atomic mass is 10.3. The van der Waals surface area contributed by atoms with Crippen LogP contribution < -0.4 is 4.57 Å². The zero-order valence-corrected chi connectivity index (χ0v) is 13.1. The number of hydrogen-bond acceptors (Lipinski definition) is 3. The third-order valence-corrected chi connectivity index (χ3v) is 3.46. The van der Waals surface area contributed by atoms with Gasteiger partial charge in [0.2, 0.25) is 0 Å². The molecule has 1 heterocycles. The van der Waals surface area contributed by atoms with Crippen LogP contribution in [0.3, 0.4) is 0 Å². The molecule has 0 aliphatic carbocycles. The Bertz CT molecular complexity index is 399. The molecule has 0 saturated carbocycles. The summed E-state index contributed by atoms with van der Waals surface area (Å²) in [5, 5.41) is 0. The summed E-state index contributed by atoms with van der Waals surface area (Å²) in [4.78, 5) is 0. The number of hydrogen-bond donors (Lipinski definition) is 1. The highest BCUT2D eigenvalue weighted by Gasteiger charge is 2.26. The van der Waals surface area contributed by atoms with Crippen LogP contribution in [0.1, 0.15) is 17.2 Å². The van der Waals surface area contributed by atoms with Crippen LogP contribution in [0.4, 0.5) is 0 Å². The van der Waals surface area contributed by atoms with E-state index in [2.05, 4.69) is 35.6 Å². The summed E-state index contributed by atoms with van der Waals surface area (Å²) < 4.78 is 15.2. The summed E-state index contributed by atoms with van der Waals surface area (Å²) in [5.74, 6) is 0.956. The first-order valence-corrected chi connectivity index (χ1v) is 6.70. The van der Waals surface area contributed by atoms with Gasteiger partial charge in [0, 0.05) is 28.1 Å². The molecule has 1 aromatic heterocycles. The summed E-state index contributed by atoms with van der Waals surface area (Å²) in [5.41, 5.74) is 2.38. The molecule has 0 saturated heterocycles. The minimum absolute atomic E-state index is 0.596. The van der Waals surface area contributed by atoms with Crippen LogP contribution >= 0.6 is 24.8 Å². The maximum absolute atomic E-state index is 5.25. The molecule has 0 amide bonds. The fourth-order valence-corrected chi connectivity index (χ4v) is 2.46. The van der Waals surface area contributed by atoms with Gasteiger partial charge in [0.05, 0.1) is 13.2 Å². The van der Waals surface area contributed by atoms with Gasteiger partial charge < -0.3 is 9.47 Å². The lowest BCUT2D eigenvalue weighted by molar-refractivity contribution is -0.704. The maximum atomic E-state index is 5.25. The Balaban J connectivity index is 3.19. The molecule has 0 aliphatic rings. The summed E-state index contributed by atoms with van der Waals surface area (Å²) >= 11 is 9.59. The van der Waals surface area contributed by atoms with Gasteiger partial charge in [0.25, 0.3) is 0 Å². The lowest BCUT2D eigenvalue weighted by Gasteiger charge is -2.04. The molecule has 4 nitrogen and oxygen atoms in total. The minimum Gasteiger partial charge on any atom is -0.381 e. The largest absolute Gasteiger partial charge is 0.381 e. The summed E-state index contributed by atoms with van der Waals surface area (Å²) in [6, 6.07) is 0. The minimum atomic E-state index is 0.596. The van der Waals surface area contributed by atoms with E-state index < -0.39 is 0 Å². The quantitative estimate of drug-likeness (QED) is 0.466. The van der Waals surface area contributed by atoms with E-state index in [0.29, 0.717) is 17.4 Å². The number of rotatable bonds is 7. The molecule has 0 spiro atoms. The second kappa shape index (κ2) is 7.23. The zero-order chi connectivity index (χ0) is 13.7. The lowest BCUT2D eigenvalue weighted by Crippen LogP contribution is -2.43. The molecular weight excluding hydrogens is 268 g/mol. The molecule has 1 aromatic rings. The molecule has 0 radical (unpaired) electrons. The van der Waals surface area contributed by atoms with Crippen LogP contribution in [-0.2, 0) is 22.6 Å². The predicted molar refractivity (Wildman–Crippen MR) is 78.5 cm³/mol. The van der Waals surface area contributed by atoms with E-state index in [1.165, 1.54) is 11.4 Å². The van der Waals surface area contributed by atoms with E-state index in [0.717, 1.165) is 18.9 Å². The molecule has 6 heteroatoms. The topological polar surface area (TPSA) is 27.3 Å². The van der Waals surface area contributed by atoms with E-state index in [1.807, 2.05) is 0 Å². The van der Waals surface area contributed by atoms with Crippen molar-refractivity contribution in [3.8, 4) is 0 Å². The van der Waals surface area contributed by atoms with Gasteiger partial charge >= 0.3 is 5.82 Å². The summed E-state index contributed by atoms with van der Waals surface area (Å²) in [7, 11) is 3.40. The molecule has 0 aromatic carbocycles. The molecule has 0 unspecified atom stereocenters. The third-order valence-electron chi connectivity index (χ3n) is 3.07. The number of thiol groups is 1. The molecule has 18 heavy (non-hydrogen) atoms. The predicted octanol–water partition coefficient (Wildman–Crippen LogP) is 1.29. The second-order valence-corrected chi connectivity index (χ2v) is 5.25. The first kappa shape index (κ1) is 15.6. The molecule has 102 valence electrons. The van der Waals surface area contributed by atoms with Crippen molar-refractivity contribution in [3.63, 3.8) is 0 Å². The van der Waals surface area contributed by atoms with Crippen molar-refractivity contribution in [1.82, 2.24) is 4.57 Å². The van der Waals surface area contributed by atoms with Crippen molar-refractivity contribution in [2.75, 3.05) is 27.4 Å². The molecule has 0 fully saturated rings. The zero-order valence-electron chi connectivity index (χ0n) is 11.4. The van der Waals surface area contributed by atoms with Crippen LogP contribution in [0.25, 0.3) is 0 Å². The molecular formula is C12H21N2O2S2+. The smallest absolute Gasteiger partial charge is 0.306 e. The Morgan fingerprint density at radius 2 is 1.89 bits per heavy atom. The highest BCUT2D eigenvalue weighted by molar-refractivity contribution is 8.11. The summed E-state index contributed by atoms with van der Waals surface area (Å²) in [6.07, 6.45) is 0. The average Bonchev–Trinajstić information content (AvgIpc) is 2.57. The van der Waals surface area contributed by atoms with Gasteiger partial charge in [-0.15, -0.1) is 12.6 Å². The normalized spacial score (nSPS) is 10.9. The van der Waals surface area contributed by atoms with Crippen molar-refractivity contribution < 1.29 is 14.0 Å². The Morgan fingerprint density at radius 1 is 1.28 bits per heavy atom. The third kappa shape index (κ3) is 3.32. The maximum Gasteiger partial charge on any atom is 0.306 e. The van der Waals surface area contributed by atoms with Crippen molar-refractivity contribution >= 4 is 29.0 Å². The average molecular weight is 289 g/mol. The SMILES string of the molecule is COCCn1c(C)c(C)[n+](CCOC)c1C(=S)S. The van der Waals surface area contributed by atoms with E-state index in [-0.39, 0.29) is 0 Å². The number of ether oxygens (including phenoxy) is 2. The number of nitrogens with zero attached hydrogens (tertiary/aromatic N) is 2. The Kier molecular flexibility index (Phi) is 6.28. The Labute approximate surface area is 119 Å². The number of imidazole rings is 1. The van der Waals surface area contributed by atoms with Gasteiger partial charge in [0.15, 0.2) is 4.20 Å². The second-order valence-electron chi connectivity index (χ2n) is 4.09. The number of aromatic nitrogens is 2. The van der Waals surface area contributed by atoms with Gasteiger partial charge in [-0.05, 0) is 0 Å². The first-order chi connectivity index (χ1) is 8.54. The van der Waals surface area contributed by atoms with E-state index in [4.69, 9.17) is 21.7 Å². The molecule has 0 N–H and O–H groups in total. The molecule has 0 atom stereocenters. The van der Waals surface area contributed by atoms with Crippen LogP contribution in [0, 0.1) is 13.8 Å². The van der Waals surface area contributed by atoms with Crippen LogP contribution in [0.2, 0.25) is 0 Å². The first-order valence-electron chi connectivity index (χ1n) is 5.85. The molecule has 0 aliphatic heterocycles. The van der Waals surface area contributed by atoms with Gasteiger partial charge in [-0.1, -0.05) is 12.2 Å². The highest BCUT2D eigenvalue weighted by Crippen LogP contribution is 2.11. The Hall–Kier alpha value is -0.430. The molecule has 0 bridgehead atoms. The van der Waals surface area contributed by atoms with Crippen LogP contribution in [0.5, 0.6) is 0 Å².